The lowest BCUT2D eigenvalue weighted by molar-refractivity contribution is -0.384. The number of hydrogen-bond donors (Lipinski definition) is 1. The summed E-state index contributed by atoms with van der Waals surface area (Å²) in [5, 5.41) is 16.6. The van der Waals surface area contributed by atoms with Gasteiger partial charge in [-0.15, -0.1) is 0 Å². The number of rotatable bonds is 5. The van der Waals surface area contributed by atoms with Gasteiger partial charge in [-0.25, -0.2) is 0 Å². The maximum Gasteiger partial charge on any atom is 0.271 e. The first-order chi connectivity index (χ1) is 11.6. The molecule has 0 saturated heterocycles. The van der Waals surface area contributed by atoms with Crippen molar-refractivity contribution in [3.05, 3.63) is 69.4 Å². The van der Waals surface area contributed by atoms with Crippen LogP contribution < -0.4 is 5.43 Å². The minimum absolute atomic E-state index is 0.0100. The van der Waals surface area contributed by atoms with Crippen LogP contribution in [0.15, 0.2) is 53.6 Å². The monoisotopic (exact) mass is 342 g/mol. The number of nitro benzene ring substituents is 1. The van der Waals surface area contributed by atoms with Gasteiger partial charge in [-0.2, -0.15) is 5.10 Å². The molecule has 0 fully saturated rings. The third-order valence-corrected chi connectivity index (χ3v) is 4.11. The first-order valence-corrected chi connectivity index (χ1v) is 7.80. The first-order valence-electron chi connectivity index (χ1n) is 7.42. The van der Waals surface area contributed by atoms with Crippen LogP contribution in [-0.2, 0) is 6.54 Å². The van der Waals surface area contributed by atoms with E-state index in [0.29, 0.717) is 10.8 Å². The average Bonchev–Trinajstić information content (AvgIpc) is 2.86. The second-order valence-corrected chi connectivity index (χ2v) is 5.50. The van der Waals surface area contributed by atoms with Gasteiger partial charge in [0.15, 0.2) is 0 Å². The van der Waals surface area contributed by atoms with Crippen LogP contribution in [0.4, 0.5) is 11.4 Å². The molecule has 0 aliphatic heterocycles. The van der Waals surface area contributed by atoms with E-state index < -0.39 is 4.92 Å². The highest BCUT2D eigenvalue weighted by molar-refractivity contribution is 6.34. The third-order valence-electron chi connectivity index (χ3n) is 3.70. The van der Waals surface area contributed by atoms with E-state index in [2.05, 4.69) is 10.5 Å². The van der Waals surface area contributed by atoms with Crippen molar-refractivity contribution in [1.29, 1.82) is 0 Å². The van der Waals surface area contributed by atoms with Gasteiger partial charge in [-0.3, -0.25) is 15.5 Å². The van der Waals surface area contributed by atoms with E-state index in [1.807, 2.05) is 35.8 Å². The smallest absolute Gasteiger partial charge is 0.271 e. The van der Waals surface area contributed by atoms with Crippen LogP contribution in [0.25, 0.3) is 10.9 Å². The van der Waals surface area contributed by atoms with Crippen LogP contribution >= 0.6 is 11.6 Å². The fraction of sp³-hybridized carbons (Fsp3) is 0.118. The lowest BCUT2D eigenvalue weighted by Gasteiger charge is -2.01. The van der Waals surface area contributed by atoms with Gasteiger partial charge in [0.2, 0.25) is 0 Å². The second-order valence-electron chi connectivity index (χ2n) is 5.14. The summed E-state index contributed by atoms with van der Waals surface area (Å²) in [7, 11) is 0. The fourth-order valence-corrected chi connectivity index (χ4v) is 2.95. The van der Waals surface area contributed by atoms with Gasteiger partial charge < -0.3 is 4.57 Å². The number of non-ortho nitro benzene ring substituents is 1. The van der Waals surface area contributed by atoms with E-state index in [0.717, 1.165) is 23.0 Å². The lowest BCUT2D eigenvalue weighted by atomic mass is 10.2. The highest BCUT2D eigenvalue weighted by Gasteiger charge is 2.12. The molecule has 7 heteroatoms. The van der Waals surface area contributed by atoms with E-state index in [9.17, 15) is 10.1 Å². The van der Waals surface area contributed by atoms with Gasteiger partial charge >= 0.3 is 0 Å². The van der Waals surface area contributed by atoms with Crippen molar-refractivity contribution in [2.75, 3.05) is 5.43 Å². The normalized spacial score (nSPS) is 11.2. The number of nitro groups is 1. The Kier molecular flexibility index (Phi) is 4.48. The van der Waals surface area contributed by atoms with Crippen LogP contribution in [0.1, 0.15) is 12.5 Å². The number of hydrogen-bond acceptors (Lipinski definition) is 4. The molecule has 0 atom stereocenters. The average molecular weight is 343 g/mol. The fourth-order valence-electron chi connectivity index (χ4n) is 2.59. The zero-order valence-electron chi connectivity index (χ0n) is 12.9. The molecule has 0 spiro atoms. The second kappa shape index (κ2) is 6.72. The molecule has 1 N–H and O–H groups in total. The molecular weight excluding hydrogens is 328 g/mol. The molecule has 0 saturated carbocycles. The molecule has 0 amide bonds. The summed E-state index contributed by atoms with van der Waals surface area (Å²) in [5.41, 5.74) is 5.21. The number of anilines is 1. The van der Waals surface area contributed by atoms with Gasteiger partial charge in [0, 0.05) is 35.1 Å². The van der Waals surface area contributed by atoms with Crippen LogP contribution in [0.3, 0.4) is 0 Å². The summed E-state index contributed by atoms with van der Waals surface area (Å²) in [5.74, 6) is 0. The van der Waals surface area contributed by atoms with Gasteiger partial charge in [-0.05, 0) is 19.1 Å². The molecule has 0 unspecified atom stereocenters. The number of para-hydroxylation sites is 1. The number of halogens is 1. The van der Waals surface area contributed by atoms with E-state index in [1.165, 1.54) is 12.1 Å². The van der Waals surface area contributed by atoms with Gasteiger partial charge in [0.25, 0.3) is 5.69 Å². The molecule has 3 aromatic rings. The Labute approximate surface area is 143 Å². The molecule has 2 aromatic carbocycles. The lowest BCUT2D eigenvalue weighted by Crippen LogP contribution is -1.95. The Morgan fingerprint density at radius 3 is 2.83 bits per heavy atom. The summed E-state index contributed by atoms with van der Waals surface area (Å²) in [6.45, 7) is 2.78. The summed E-state index contributed by atoms with van der Waals surface area (Å²) in [4.78, 5) is 10.4. The number of benzene rings is 2. The molecule has 0 aliphatic carbocycles. The topological polar surface area (TPSA) is 72.5 Å². The van der Waals surface area contributed by atoms with Crippen molar-refractivity contribution < 1.29 is 4.92 Å². The van der Waals surface area contributed by atoms with Crippen molar-refractivity contribution in [3.8, 4) is 0 Å². The summed E-state index contributed by atoms with van der Waals surface area (Å²) in [6.07, 6.45) is 1.63. The van der Waals surface area contributed by atoms with E-state index in [4.69, 9.17) is 11.6 Å². The standard InChI is InChI=1S/C17H15ClN4O2/c1-2-21-16-9-4-3-8-14(16)15(17(21)18)11-19-20-12-6-5-7-13(10-12)22(23)24/h3-11,20H,2H2,1H3. The van der Waals surface area contributed by atoms with Crippen molar-refractivity contribution in [2.24, 2.45) is 5.10 Å². The van der Waals surface area contributed by atoms with Gasteiger partial charge in [0.05, 0.1) is 16.8 Å². The largest absolute Gasteiger partial charge is 0.331 e. The molecule has 24 heavy (non-hydrogen) atoms. The van der Waals surface area contributed by atoms with Crippen molar-refractivity contribution in [1.82, 2.24) is 4.57 Å². The summed E-state index contributed by atoms with van der Waals surface area (Å²) in [6, 6.07) is 14.1. The highest BCUT2D eigenvalue weighted by atomic mass is 35.5. The molecule has 1 aromatic heterocycles. The Bertz CT molecular complexity index is 933. The number of nitrogens with zero attached hydrogens (tertiary/aromatic N) is 3. The maximum atomic E-state index is 10.8. The highest BCUT2D eigenvalue weighted by Crippen LogP contribution is 2.28. The Morgan fingerprint density at radius 2 is 2.08 bits per heavy atom. The predicted molar refractivity (Wildman–Crippen MR) is 96.9 cm³/mol. The Morgan fingerprint density at radius 1 is 1.29 bits per heavy atom. The molecule has 6 nitrogen and oxygen atoms in total. The van der Waals surface area contributed by atoms with Crippen molar-refractivity contribution >= 4 is 40.1 Å². The zero-order valence-corrected chi connectivity index (χ0v) is 13.7. The van der Waals surface area contributed by atoms with E-state index >= 15 is 0 Å². The molecule has 3 rings (SSSR count). The van der Waals surface area contributed by atoms with Crippen LogP contribution in [0, 0.1) is 10.1 Å². The number of hydrazone groups is 1. The number of nitrogens with one attached hydrogen (secondary N) is 1. The zero-order chi connectivity index (χ0) is 17.1. The third kappa shape index (κ3) is 2.96. The number of fused-ring (bicyclic) bond motifs is 1. The van der Waals surface area contributed by atoms with Gasteiger partial charge in [0.1, 0.15) is 5.15 Å². The number of aryl methyl sites for hydroxylation is 1. The Hall–Kier alpha value is -2.86. The molecule has 122 valence electrons. The SMILES string of the molecule is CCn1c(Cl)c(C=NNc2cccc([N+](=O)[O-])c2)c2ccccc21. The van der Waals surface area contributed by atoms with E-state index in [1.54, 1.807) is 18.3 Å². The Balaban J connectivity index is 1.90. The summed E-state index contributed by atoms with van der Waals surface area (Å²) >= 11 is 6.46. The maximum absolute atomic E-state index is 10.8. The predicted octanol–water partition coefficient (Wildman–Crippen LogP) is 4.67. The van der Waals surface area contributed by atoms with E-state index in [-0.39, 0.29) is 5.69 Å². The van der Waals surface area contributed by atoms with Gasteiger partial charge in [-0.1, -0.05) is 35.9 Å². The number of aromatic nitrogens is 1. The minimum Gasteiger partial charge on any atom is -0.331 e. The molecule has 0 aliphatic rings. The molecular formula is C17H15ClN4O2. The first kappa shape index (κ1) is 16.0. The van der Waals surface area contributed by atoms with Crippen LogP contribution in [0.2, 0.25) is 5.15 Å². The minimum atomic E-state index is -0.444. The van der Waals surface area contributed by atoms with Crippen molar-refractivity contribution in [3.63, 3.8) is 0 Å². The van der Waals surface area contributed by atoms with Crippen molar-refractivity contribution in [2.45, 2.75) is 13.5 Å². The van der Waals surface area contributed by atoms with Crippen LogP contribution in [-0.4, -0.2) is 15.7 Å². The molecule has 1 heterocycles. The molecule has 0 bridgehead atoms. The summed E-state index contributed by atoms with van der Waals surface area (Å²) < 4.78 is 2.01. The quantitative estimate of drug-likeness (QED) is 0.416. The van der Waals surface area contributed by atoms with Crippen LogP contribution in [0.5, 0.6) is 0 Å². The molecule has 0 radical (unpaired) electrons.